The van der Waals surface area contributed by atoms with Crippen LogP contribution in [0.3, 0.4) is 0 Å². The van der Waals surface area contributed by atoms with Crippen LogP contribution >= 0.6 is 24.8 Å². The van der Waals surface area contributed by atoms with Crippen LogP contribution in [0, 0.1) is 5.92 Å². The maximum Gasteiger partial charge on any atom is 0.223 e. The van der Waals surface area contributed by atoms with Gasteiger partial charge in [0.25, 0.3) is 0 Å². The van der Waals surface area contributed by atoms with Crippen molar-refractivity contribution < 1.29 is 4.79 Å². The molecule has 136 valence electrons. The standard InChI is InChI=1S/C17H31N3O.2ClH/c1-19-11-12-20(17(14-19)8-3-2-4-9-17)16(21)6-5-15-7-10-18-13-15;;/h15,18H,2-14H2,1H3;2*1H. The zero-order chi connectivity index (χ0) is 14.7. The van der Waals surface area contributed by atoms with Crippen molar-refractivity contribution in [2.45, 2.75) is 56.9 Å². The molecule has 4 nitrogen and oxygen atoms in total. The average Bonchev–Trinajstić information content (AvgIpc) is 2.99. The van der Waals surface area contributed by atoms with Crippen molar-refractivity contribution in [1.29, 1.82) is 0 Å². The third-order valence-electron chi connectivity index (χ3n) is 5.86. The summed E-state index contributed by atoms with van der Waals surface area (Å²) in [7, 11) is 2.21. The highest BCUT2D eigenvalue weighted by Crippen LogP contribution is 2.37. The van der Waals surface area contributed by atoms with Crippen LogP contribution in [-0.4, -0.2) is 61.0 Å². The van der Waals surface area contributed by atoms with Crippen LogP contribution in [0.25, 0.3) is 0 Å². The van der Waals surface area contributed by atoms with Crippen LogP contribution in [0.15, 0.2) is 0 Å². The Balaban J connectivity index is 0.00000132. The number of halogens is 2. The molecule has 0 aromatic heterocycles. The van der Waals surface area contributed by atoms with Gasteiger partial charge in [0.05, 0.1) is 5.54 Å². The van der Waals surface area contributed by atoms with Gasteiger partial charge in [-0.2, -0.15) is 0 Å². The Morgan fingerprint density at radius 3 is 2.57 bits per heavy atom. The molecule has 3 rings (SSSR count). The molecule has 2 saturated heterocycles. The van der Waals surface area contributed by atoms with Gasteiger partial charge in [-0.1, -0.05) is 19.3 Å². The fourth-order valence-corrected chi connectivity index (χ4v) is 4.63. The molecule has 1 spiro atoms. The quantitative estimate of drug-likeness (QED) is 0.834. The van der Waals surface area contributed by atoms with Gasteiger partial charge in [-0.15, -0.1) is 24.8 Å². The first-order valence-corrected chi connectivity index (χ1v) is 8.89. The molecule has 23 heavy (non-hydrogen) atoms. The zero-order valence-electron chi connectivity index (χ0n) is 14.4. The monoisotopic (exact) mass is 365 g/mol. The van der Waals surface area contributed by atoms with Crippen LogP contribution in [0.2, 0.25) is 0 Å². The summed E-state index contributed by atoms with van der Waals surface area (Å²) in [6.45, 7) is 5.32. The number of carbonyl (C=O) groups excluding carboxylic acids is 1. The molecule has 3 fully saturated rings. The fraction of sp³-hybridized carbons (Fsp3) is 0.941. The minimum absolute atomic E-state index is 0. The van der Waals surface area contributed by atoms with Gasteiger partial charge in [0.1, 0.15) is 0 Å². The number of amides is 1. The molecule has 3 aliphatic rings. The summed E-state index contributed by atoms with van der Waals surface area (Å²) in [4.78, 5) is 17.5. The summed E-state index contributed by atoms with van der Waals surface area (Å²) in [6, 6.07) is 0. The van der Waals surface area contributed by atoms with Crippen molar-refractivity contribution in [3.8, 4) is 0 Å². The first-order valence-electron chi connectivity index (χ1n) is 8.89. The Hall–Kier alpha value is -0.0300. The van der Waals surface area contributed by atoms with Gasteiger partial charge in [-0.25, -0.2) is 0 Å². The van der Waals surface area contributed by atoms with Crippen LogP contribution < -0.4 is 5.32 Å². The molecule has 1 atom stereocenters. The lowest BCUT2D eigenvalue weighted by atomic mass is 9.78. The molecule has 0 aromatic rings. The minimum Gasteiger partial charge on any atom is -0.334 e. The molecular weight excluding hydrogens is 333 g/mol. The third kappa shape index (κ3) is 4.97. The third-order valence-corrected chi connectivity index (χ3v) is 5.86. The fourth-order valence-electron chi connectivity index (χ4n) is 4.63. The minimum atomic E-state index is 0. The van der Waals surface area contributed by atoms with Crippen molar-refractivity contribution in [3.05, 3.63) is 0 Å². The Kier molecular flexibility index (Phi) is 8.64. The normalized spacial score (nSPS) is 27.3. The van der Waals surface area contributed by atoms with Crippen molar-refractivity contribution in [2.24, 2.45) is 5.92 Å². The Morgan fingerprint density at radius 2 is 1.91 bits per heavy atom. The van der Waals surface area contributed by atoms with Crippen LogP contribution in [-0.2, 0) is 4.79 Å². The van der Waals surface area contributed by atoms with E-state index in [0.29, 0.717) is 5.91 Å². The van der Waals surface area contributed by atoms with Gasteiger partial charge in [0.15, 0.2) is 0 Å². The Labute approximate surface area is 153 Å². The summed E-state index contributed by atoms with van der Waals surface area (Å²) in [6.07, 6.45) is 9.46. The van der Waals surface area contributed by atoms with E-state index in [1.54, 1.807) is 0 Å². The Morgan fingerprint density at radius 1 is 1.17 bits per heavy atom. The van der Waals surface area contributed by atoms with E-state index >= 15 is 0 Å². The van der Waals surface area contributed by atoms with Gasteiger partial charge in [0.2, 0.25) is 5.91 Å². The second-order valence-electron chi connectivity index (χ2n) is 7.47. The molecule has 2 aliphatic heterocycles. The second-order valence-corrected chi connectivity index (χ2v) is 7.47. The number of hydrogen-bond acceptors (Lipinski definition) is 3. The summed E-state index contributed by atoms with van der Waals surface area (Å²) in [5, 5.41) is 3.41. The molecule has 1 aliphatic carbocycles. The molecule has 1 saturated carbocycles. The molecular formula is C17H33Cl2N3O. The van der Waals surface area contributed by atoms with Crippen LogP contribution in [0.5, 0.6) is 0 Å². The predicted octanol–water partition coefficient (Wildman–Crippen LogP) is 2.70. The van der Waals surface area contributed by atoms with Crippen molar-refractivity contribution in [3.63, 3.8) is 0 Å². The lowest BCUT2D eigenvalue weighted by molar-refractivity contribution is -0.144. The van der Waals surface area contributed by atoms with Gasteiger partial charge in [0, 0.05) is 26.1 Å². The molecule has 0 bridgehead atoms. The Bertz CT molecular complexity index is 369. The van der Waals surface area contributed by atoms with Crippen LogP contribution in [0.4, 0.5) is 0 Å². The van der Waals surface area contributed by atoms with E-state index in [9.17, 15) is 4.79 Å². The van der Waals surface area contributed by atoms with Gasteiger partial charge >= 0.3 is 0 Å². The summed E-state index contributed by atoms with van der Waals surface area (Å²) < 4.78 is 0. The largest absolute Gasteiger partial charge is 0.334 e. The summed E-state index contributed by atoms with van der Waals surface area (Å²) >= 11 is 0. The highest BCUT2D eigenvalue weighted by atomic mass is 35.5. The van der Waals surface area contributed by atoms with E-state index in [4.69, 9.17) is 0 Å². The SMILES string of the molecule is CN1CCN(C(=O)CCC2CCNC2)C2(CCCCC2)C1.Cl.Cl. The molecule has 1 N–H and O–H groups in total. The highest BCUT2D eigenvalue weighted by Gasteiger charge is 2.43. The van der Waals surface area contributed by atoms with E-state index in [1.807, 2.05) is 0 Å². The highest BCUT2D eigenvalue weighted by molar-refractivity contribution is 5.85. The van der Waals surface area contributed by atoms with Gasteiger partial charge < -0.3 is 15.1 Å². The maximum atomic E-state index is 12.8. The number of nitrogens with zero attached hydrogens (tertiary/aromatic N) is 2. The average molecular weight is 366 g/mol. The van der Waals surface area contributed by atoms with Crippen molar-refractivity contribution in [2.75, 3.05) is 39.8 Å². The second kappa shape index (κ2) is 9.45. The number of likely N-dealkylation sites (N-methyl/N-ethyl adjacent to an activating group) is 1. The van der Waals surface area contributed by atoms with E-state index in [0.717, 1.165) is 51.5 Å². The molecule has 2 heterocycles. The lowest BCUT2D eigenvalue weighted by Crippen LogP contribution is -2.63. The van der Waals surface area contributed by atoms with Gasteiger partial charge in [-0.3, -0.25) is 4.79 Å². The zero-order valence-corrected chi connectivity index (χ0v) is 16.0. The van der Waals surface area contributed by atoms with E-state index in [2.05, 4.69) is 22.2 Å². The van der Waals surface area contributed by atoms with Crippen molar-refractivity contribution in [1.82, 2.24) is 15.1 Å². The maximum absolute atomic E-state index is 12.8. The van der Waals surface area contributed by atoms with Gasteiger partial charge in [-0.05, 0) is 51.7 Å². The molecule has 6 heteroatoms. The first kappa shape index (κ1) is 21.0. The number of carbonyl (C=O) groups is 1. The predicted molar refractivity (Wildman–Crippen MR) is 99.7 cm³/mol. The first-order chi connectivity index (χ1) is 10.2. The molecule has 0 aromatic carbocycles. The lowest BCUT2D eigenvalue weighted by Gasteiger charge is -2.52. The van der Waals surface area contributed by atoms with Crippen molar-refractivity contribution >= 4 is 30.7 Å². The molecule has 1 unspecified atom stereocenters. The van der Waals surface area contributed by atoms with Crippen LogP contribution in [0.1, 0.15) is 51.4 Å². The molecule has 0 radical (unpaired) electrons. The van der Waals surface area contributed by atoms with E-state index in [-0.39, 0.29) is 30.4 Å². The number of nitrogens with one attached hydrogen (secondary N) is 1. The number of hydrogen-bond donors (Lipinski definition) is 1. The smallest absolute Gasteiger partial charge is 0.223 e. The van der Waals surface area contributed by atoms with E-state index in [1.165, 1.54) is 38.5 Å². The number of piperazine rings is 1. The molecule has 1 amide bonds. The van der Waals surface area contributed by atoms with E-state index < -0.39 is 0 Å². The number of rotatable bonds is 3. The summed E-state index contributed by atoms with van der Waals surface area (Å²) in [5.74, 6) is 1.15. The summed E-state index contributed by atoms with van der Waals surface area (Å²) in [5.41, 5.74) is 0.163. The topological polar surface area (TPSA) is 35.6 Å².